The van der Waals surface area contributed by atoms with Crippen LogP contribution in [-0.4, -0.2) is 46.2 Å². The molecule has 0 saturated heterocycles. The third kappa shape index (κ3) is 9.97. The first-order chi connectivity index (χ1) is 9.93. The first-order valence-electron chi connectivity index (χ1n) is 7.38. The van der Waals surface area contributed by atoms with Gasteiger partial charge in [-0.3, -0.25) is 0 Å². The van der Waals surface area contributed by atoms with Gasteiger partial charge in [0, 0.05) is 25.3 Å². The number of ether oxygens (including phenoxy) is 3. The molecule has 116 valence electrons. The van der Waals surface area contributed by atoms with E-state index in [1.807, 2.05) is 6.07 Å². The second-order valence-corrected chi connectivity index (χ2v) is 4.50. The normalized spacial score (nSPS) is 11.1. The van der Waals surface area contributed by atoms with E-state index in [1.165, 1.54) is 6.42 Å². The van der Waals surface area contributed by atoms with Gasteiger partial charge < -0.3 is 23.9 Å². The first-order valence-corrected chi connectivity index (χ1v) is 7.38. The molecule has 20 heavy (non-hydrogen) atoms. The SMILES string of the molecule is CCCCOCCOCCOCCNCc1ccoc1. The van der Waals surface area contributed by atoms with Crippen LogP contribution in [0.2, 0.25) is 0 Å². The summed E-state index contributed by atoms with van der Waals surface area (Å²) in [4.78, 5) is 0. The number of hydrogen-bond donors (Lipinski definition) is 1. The van der Waals surface area contributed by atoms with Gasteiger partial charge in [0.1, 0.15) is 0 Å². The topological polar surface area (TPSA) is 52.9 Å². The first kappa shape index (κ1) is 17.2. The molecular weight excluding hydrogens is 258 g/mol. The van der Waals surface area contributed by atoms with E-state index in [0.29, 0.717) is 33.0 Å². The lowest BCUT2D eigenvalue weighted by Gasteiger charge is -2.07. The molecule has 1 aromatic heterocycles. The molecule has 1 N–H and O–H groups in total. The number of hydrogen-bond acceptors (Lipinski definition) is 5. The third-order valence-corrected chi connectivity index (χ3v) is 2.72. The molecule has 0 atom stereocenters. The molecule has 0 spiro atoms. The molecule has 0 fully saturated rings. The van der Waals surface area contributed by atoms with Crippen LogP contribution in [0.1, 0.15) is 25.3 Å². The fourth-order valence-corrected chi connectivity index (χ4v) is 1.56. The second-order valence-electron chi connectivity index (χ2n) is 4.50. The quantitative estimate of drug-likeness (QED) is 0.531. The minimum atomic E-state index is 0.624. The van der Waals surface area contributed by atoms with Gasteiger partial charge in [0.2, 0.25) is 0 Å². The van der Waals surface area contributed by atoms with Gasteiger partial charge in [-0.25, -0.2) is 0 Å². The van der Waals surface area contributed by atoms with Crippen LogP contribution in [0.3, 0.4) is 0 Å². The van der Waals surface area contributed by atoms with Crippen molar-refractivity contribution < 1.29 is 18.6 Å². The number of unbranched alkanes of at least 4 members (excludes halogenated alkanes) is 1. The molecule has 0 amide bonds. The summed E-state index contributed by atoms with van der Waals surface area (Å²) in [5.41, 5.74) is 1.15. The Morgan fingerprint density at radius 3 is 2.35 bits per heavy atom. The van der Waals surface area contributed by atoms with Gasteiger partial charge in [0.05, 0.1) is 45.6 Å². The number of furan rings is 1. The summed E-state index contributed by atoms with van der Waals surface area (Å²) < 4.78 is 21.2. The summed E-state index contributed by atoms with van der Waals surface area (Å²) in [7, 11) is 0. The van der Waals surface area contributed by atoms with Crippen molar-refractivity contribution in [1.82, 2.24) is 5.32 Å². The summed E-state index contributed by atoms with van der Waals surface area (Å²) in [6.07, 6.45) is 5.71. The maximum absolute atomic E-state index is 5.45. The van der Waals surface area contributed by atoms with Gasteiger partial charge in [0.15, 0.2) is 0 Å². The highest BCUT2D eigenvalue weighted by atomic mass is 16.5. The van der Waals surface area contributed by atoms with Gasteiger partial charge in [-0.05, 0) is 12.5 Å². The molecule has 5 nitrogen and oxygen atoms in total. The van der Waals surface area contributed by atoms with Crippen molar-refractivity contribution in [1.29, 1.82) is 0 Å². The fourth-order valence-electron chi connectivity index (χ4n) is 1.56. The average molecular weight is 285 g/mol. The van der Waals surface area contributed by atoms with E-state index in [2.05, 4.69) is 12.2 Å². The van der Waals surface area contributed by atoms with E-state index < -0.39 is 0 Å². The minimum absolute atomic E-state index is 0.624. The summed E-state index contributed by atoms with van der Waals surface area (Å²) >= 11 is 0. The summed E-state index contributed by atoms with van der Waals surface area (Å²) in [5.74, 6) is 0. The zero-order chi connectivity index (χ0) is 14.3. The Kier molecular flexibility index (Phi) is 11.3. The van der Waals surface area contributed by atoms with Gasteiger partial charge in [0.25, 0.3) is 0 Å². The Morgan fingerprint density at radius 1 is 1.00 bits per heavy atom. The summed E-state index contributed by atoms with van der Waals surface area (Å²) in [6.45, 7) is 7.88. The van der Waals surface area contributed by atoms with Crippen LogP contribution in [0.4, 0.5) is 0 Å². The van der Waals surface area contributed by atoms with E-state index in [-0.39, 0.29) is 0 Å². The Labute approximate surface area is 121 Å². The van der Waals surface area contributed by atoms with E-state index in [0.717, 1.165) is 31.7 Å². The molecular formula is C15H27NO4. The van der Waals surface area contributed by atoms with Crippen molar-refractivity contribution in [3.63, 3.8) is 0 Å². The highest BCUT2D eigenvalue weighted by Crippen LogP contribution is 1.97. The molecule has 0 saturated carbocycles. The van der Waals surface area contributed by atoms with Crippen LogP contribution < -0.4 is 5.32 Å². The predicted octanol–water partition coefficient (Wildman–Crippen LogP) is 2.22. The molecule has 0 unspecified atom stereocenters. The van der Waals surface area contributed by atoms with Crippen molar-refractivity contribution in [2.75, 3.05) is 46.2 Å². The van der Waals surface area contributed by atoms with Gasteiger partial charge in [-0.15, -0.1) is 0 Å². The van der Waals surface area contributed by atoms with Crippen LogP contribution in [0.15, 0.2) is 23.0 Å². The van der Waals surface area contributed by atoms with Gasteiger partial charge in [-0.2, -0.15) is 0 Å². The molecule has 0 aliphatic carbocycles. The smallest absolute Gasteiger partial charge is 0.0947 e. The van der Waals surface area contributed by atoms with E-state index in [1.54, 1.807) is 12.5 Å². The van der Waals surface area contributed by atoms with E-state index in [4.69, 9.17) is 18.6 Å². The second kappa shape index (κ2) is 13.1. The van der Waals surface area contributed by atoms with Crippen molar-refractivity contribution >= 4 is 0 Å². The molecule has 1 aromatic rings. The molecule has 0 aliphatic heterocycles. The molecule has 1 rings (SSSR count). The monoisotopic (exact) mass is 285 g/mol. The number of nitrogens with one attached hydrogen (secondary N) is 1. The lowest BCUT2D eigenvalue weighted by Crippen LogP contribution is -2.20. The maximum atomic E-state index is 5.45. The molecule has 0 radical (unpaired) electrons. The van der Waals surface area contributed by atoms with E-state index in [9.17, 15) is 0 Å². The lowest BCUT2D eigenvalue weighted by atomic mass is 10.3. The maximum Gasteiger partial charge on any atom is 0.0947 e. The Balaban J connectivity index is 1.70. The Bertz CT molecular complexity index is 290. The summed E-state index contributed by atoms with van der Waals surface area (Å²) in [5, 5.41) is 3.27. The summed E-state index contributed by atoms with van der Waals surface area (Å²) in [6, 6.07) is 1.95. The minimum Gasteiger partial charge on any atom is -0.472 e. The molecule has 0 bridgehead atoms. The van der Waals surface area contributed by atoms with Crippen LogP contribution in [0, 0.1) is 0 Å². The molecule has 1 heterocycles. The molecule has 0 aliphatic rings. The van der Waals surface area contributed by atoms with Crippen LogP contribution >= 0.6 is 0 Å². The van der Waals surface area contributed by atoms with Crippen molar-refractivity contribution in [3.05, 3.63) is 24.2 Å². The molecule has 0 aromatic carbocycles. The zero-order valence-electron chi connectivity index (χ0n) is 12.4. The van der Waals surface area contributed by atoms with E-state index >= 15 is 0 Å². The van der Waals surface area contributed by atoms with Gasteiger partial charge in [-0.1, -0.05) is 13.3 Å². The van der Waals surface area contributed by atoms with Gasteiger partial charge >= 0.3 is 0 Å². The predicted molar refractivity (Wildman–Crippen MR) is 77.8 cm³/mol. The zero-order valence-corrected chi connectivity index (χ0v) is 12.4. The van der Waals surface area contributed by atoms with Crippen LogP contribution in [0.5, 0.6) is 0 Å². The lowest BCUT2D eigenvalue weighted by molar-refractivity contribution is 0.0146. The Morgan fingerprint density at radius 2 is 1.70 bits per heavy atom. The third-order valence-electron chi connectivity index (χ3n) is 2.72. The van der Waals surface area contributed by atoms with Crippen molar-refractivity contribution in [2.45, 2.75) is 26.3 Å². The Hall–Kier alpha value is -0.880. The van der Waals surface area contributed by atoms with Crippen LogP contribution in [0.25, 0.3) is 0 Å². The standard InChI is InChI=1S/C15H27NO4/c1-2-3-6-17-9-11-19-12-10-18-8-5-16-13-15-4-7-20-14-15/h4,7,14,16H,2-3,5-6,8-13H2,1H3. The molecule has 5 heteroatoms. The van der Waals surface area contributed by atoms with Crippen molar-refractivity contribution in [3.8, 4) is 0 Å². The van der Waals surface area contributed by atoms with Crippen molar-refractivity contribution in [2.24, 2.45) is 0 Å². The largest absolute Gasteiger partial charge is 0.472 e. The fraction of sp³-hybridized carbons (Fsp3) is 0.733. The highest BCUT2D eigenvalue weighted by molar-refractivity contribution is 5.04. The average Bonchev–Trinajstić information content (AvgIpc) is 2.97. The van der Waals surface area contributed by atoms with Crippen LogP contribution in [-0.2, 0) is 20.8 Å². The highest BCUT2D eigenvalue weighted by Gasteiger charge is 1.94. The number of rotatable bonds is 14.